The second-order valence-electron chi connectivity index (χ2n) is 5.64. The fourth-order valence-electron chi connectivity index (χ4n) is 2.46. The van der Waals surface area contributed by atoms with Crippen molar-refractivity contribution >= 4 is 11.3 Å². The zero-order valence-electron chi connectivity index (χ0n) is 11.8. The fourth-order valence-corrected chi connectivity index (χ4v) is 3.06. The van der Waals surface area contributed by atoms with Crippen LogP contribution in [0, 0.1) is 12.8 Å². The summed E-state index contributed by atoms with van der Waals surface area (Å²) in [6, 6.07) is 0.612. The van der Waals surface area contributed by atoms with Crippen molar-refractivity contribution in [1.82, 2.24) is 15.2 Å². The number of nitrogens with zero attached hydrogens (tertiary/aromatic N) is 2. The molecule has 1 aliphatic rings. The van der Waals surface area contributed by atoms with Crippen molar-refractivity contribution in [3.8, 4) is 0 Å². The maximum absolute atomic E-state index is 4.55. The minimum atomic E-state index is 0.612. The van der Waals surface area contributed by atoms with Crippen molar-refractivity contribution in [1.29, 1.82) is 0 Å². The van der Waals surface area contributed by atoms with Crippen LogP contribution in [-0.4, -0.2) is 35.6 Å². The molecule has 1 aromatic heterocycles. The minimum absolute atomic E-state index is 0.612. The Bertz CT molecular complexity index is 354. The van der Waals surface area contributed by atoms with Crippen LogP contribution in [0.3, 0.4) is 0 Å². The van der Waals surface area contributed by atoms with Gasteiger partial charge in [-0.1, -0.05) is 13.8 Å². The molecule has 0 aromatic carbocycles. The molecule has 3 nitrogen and oxygen atoms in total. The van der Waals surface area contributed by atoms with E-state index in [-0.39, 0.29) is 0 Å². The molecule has 1 aromatic rings. The molecule has 0 atom stereocenters. The number of hydrogen-bond donors (Lipinski definition) is 1. The van der Waals surface area contributed by atoms with E-state index >= 15 is 0 Å². The van der Waals surface area contributed by atoms with E-state index < -0.39 is 0 Å². The summed E-state index contributed by atoms with van der Waals surface area (Å²) in [6.45, 7) is 11.2. The van der Waals surface area contributed by atoms with Gasteiger partial charge in [0.05, 0.1) is 10.7 Å². The molecule has 4 heteroatoms. The molecule has 1 fully saturated rings. The van der Waals surface area contributed by atoms with Crippen LogP contribution in [0.25, 0.3) is 0 Å². The molecule has 2 heterocycles. The molecule has 0 saturated carbocycles. The second-order valence-corrected chi connectivity index (χ2v) is 6.70. The summed E-state index contributed by atoms with van der Waals surface area (Å²) in [5.74, 6) is 0.862. The van der Waals surface area contributed by atoms with Crippen molar-refractivity contribution in [2.45, 2.75) is 46.2 Å². The van der Waals surface area contributed by atoms with E-state index in [1.165, 1.54) is 43.2 Å². The number of thiazole rings is 1. The Morgan fingerprint density at radius 2 is 2.17 bits per heavy atom. The van der Waals surface area contributed by atoms with Crippen LogP contribution in [0.4, 0.5) is 0 Å². The summed E-state index contributed by atoms with van der Waals surface area (Å²) in [6.07, 6.45) is 2.64. The summed E-state index contributed by atoms with van der Waals surface area (Å²) in [7, 11) is 0. The highest BCUT2D eigenvalue weighted by Gasteiger charge is 2.19. The van der Waals surface area contributed by atoms with Gasteiger partial charge in [0, 0.05) is 18.0 Å². The molecule has 0 radical (unpaired) electrons. The summed E-state index contributed by atoms with van der Waals surface area (Å²) < 4.78 is 0. The molecule has 2 rings (SSSR count). The molecule has 18 heavy (non-hydrogen) atoms. The molecule has 0 amide bonds. The third-order valence-electron chi connectivity index (χ3n) is 3.57. The van der Waals surface area contributed by atoms with Crippen LogP contribution >= 0.6 is 11.3 Å². The first-order chi connectivity index (χ1) is 8.63. The predicted molar refractivity (Wildman–Crippen MR) is 78.0 cm³/mol. The molecule has 0 spiro atoms. The minimum Gasteiger partial charge on any atom is -0.314 e. The number of aromatic nitrogens is 1. The lowest BCUT2D eigenvalue weighted by Crippen LogP contribution is -2.38. The maximum atomic E-state index is 4.55. The summed E-state index contributed by atoms with van der Waals surface area (Å²) in [5, 5.41) is 6.93. The van der Waals surface area contributed by atoms with Crippen molar-refractivity contribution in [2.75, 3.05) is 19.6 Å². The van der Waals surface area contributed by atoms with Gasteiger partial charge >= 0.3 is 0 Å². The Morgan fingerprint density at radius 1 is 1.44 bits per heavy atom. The van der Waals surface area contributed by atoms with Gasteiger partial charge in [-0.3, -0.25) is 4.90 Å². The lowest BCUT2D eigenvalue weighted by molar-refractivity contribution is 0.172. The quantitative estimate of drug-likeness (QED) is 0.889. The first-order valence-corrected chi connectivity index (χ1v) is 7.88. The van der Waals surface area contributed by atoms with Gasteiger partial charge in [0.2, 0.25) is 0 Å². The van der Waals surface area contributed by atoms with Gasteiger partial charge in [0.15, 0.2) is 0 Å². The van der Waals surface area contributed by atoms with Crippen LogP contribution in [-0.2, 0) is 6.54 Å². The highest BCUT2D eigenvalue weighted by atomic mass is 32.1. The molecule has 1 N–H and O–H groups in total. The van der Waals surface area contributed by atoms with Crippen molar-refractivity contribution in [2.24, 2.45) is 5.92 Å². The van der Waals surface area contributed by atoms with Crippen LogP contribution in [0.2, 0.25) is 0 Å². The average Bonchev–Trinajstić information content (AvgIpc) is 2.74. The maximum Gasteiger partial charge on any atom is 0.0897 e. The Balaban J connectivity index is 1.70. The number of likely N-dealkylation sites (tertiary alicyclic amines) is 1. The summed E-state index contributed by atoms with van der Waals surface area (Å²) in [4.78, 5) is 7.09. The largest absolute Gasteiger partial charge is 0.314 e. The Morgan fingerprint density at radius 3 is 2.72 bits per heavy atom. The number of hydrogen-bond acceptors (Lipinski definition) is 4. The van der Waals surface area contributed by atoms with E-state index in [1.54, 1.807) is 11.3 Å². The zero-order valence-corrected chi connectivity index (χ0v) is 12.6. The van der Waals surface area contributed by atoms with Crippen molar-refractivity contribution in [3.63, 3.8) is 0 Å². The molecule has 0 unspecified atom stereocenters. The number of piperidine rings is 1. The fraction of sp³-hybridized carbons (Fsp3) is 0.786. The predicted octanol–water partition coefficient (Wildman–Crippen LogP) is 2.66. The molecule has 1 aliphatic heterocycles. The Kier molecular flexibility index (Phi) is 5.15. The molecule has 0 bridgehead atoms. The highest BCUT2D eigenvalue weighted by molar-refractivity contribution is 7.09. The third-order valence-corrected chi connectivity index (χ3v) is 4.40. The van der Waals surface area contributed by atoms with Gasteiger partial charge in [0.1, 0.15) is 0 Å². The van der Waals surface area contributed by atoms with E-state index in [4.69, 9.17) is 0 Å². The standard InChI is InChI=1S/C14H25N3S/c1-11(2)15-8-13-4-6-17(7-5-13)9-14-10-18-12(3)16-14/h10-11,13,15H,4-9H2,1-3H3. The van der Waals surface area contributed by atoms with Crippen molar-refractivity contribution < 1.29 is 0 Å². The van der Waals surface area contributed by atoms with Crippen LogP contribution in [0.1, 0.15) is 37.4 Å². The van der Waals surface area contributed by atoms with Gasteiger partial charge in [-0.05, 0) is 45.3 Å². The molecular weight excluding hydrogens is 242 g/mol. The lowest BCUT2D eigenvalue weighted by Gasteiger charge is -2.32. The molecular formula is C14H25N3S. The van der Waals surface area contributed by atoms with Crippen LogP contribution < -0.4 is 5.32 Å². The topological polar surface area (TPSA) is 28.2 Å². The number of nitrogens with one attached hydrogen (secondary N) is 1. The van der Waals surface area contributed by atoms with Crippen LogP contribution in [0.5, 0.6) is 0 Å². The normalized spacial score (nSPS) is 18.7. The van der Waals surface area contributed by atoms with Gasteiger partial charge in [0.25, 0.3) is 0 Å². The zero-order chi connectivity index (χ0) is 13.0. The Hall–Kier alpha value is -0.450. The third kappa shape index (κ3) is 4.34. The van der Waals surface area contributed by atoms with Gasteiger partial charge < -0.3 is 5.32 Å². The first kappa shape index (κ1) is 14.0. The van der Waals surface area contributed by atoms with E-state index in [0.29, 0.717) is 6.04 Å². The lowest BCUT2D eigenvalue weighted by atomic mass is 9.96. The monoisotopic (exact) mass is 267 g/mol. The van der Waals surface area contributed by atoms with E-state index in [9.17, 15) is 0 Å². The Labute approximate surface area is 115 Å². The summed E-state index contributed by atoms with van der Waals surface area (Å²) >= 11 is 1.76. The molecule has 0 aliphatic carbocycles. The smallest absolute Gasteiger partial charge is 0.0897 e. The van der Waals surface area contributed by atoms with Gasteiger partial charge in [-0.25, -0.2) is 4.98 Å². The van der Waals surface area contributed by atoms with E-state index in [1.807, 2.05) is 0 Å². The molecule has 1 saturated heterocycles. The first-order valence-electron chi connectivity index (χ1n) is 7.00. The average molecular weight is 267 g/mol. The SMILES string of the molecule is Cc1nc(CN2CCC(CNC(C)C)CC2)cs1. The van der Waals surface area contributed by atoms with Crippen molar-refractivity contribution in [3.05, 3.63) is 16.1 Å². The summed E-state index contributed by atoms with van der Waals surface area (Å²) in [5.41, 5.74) is 1.25. The van der Waals surface area contributed by atoms with E-state index in [2.05, 4.69) is 41.4 Å². The van der Waals surface area contributed by atoms with Gasteiger partial charge in [-0.15, -0.1) is 11.3 Å². The number of rotatable bonds is 5. The second kappa shape index (κ2) is 6.64. The number of aryl methyl sites for hydroxylation is 1. The van der Waals surface area contributed by atoms with E-state index in [0.717, 1.165) is 12.5 Å². The molecule has 102 valence electrons. The highest BCUT2D eigenvalue weighted by Crippen LogP contribution is 2.19. The van der Waals surface area contributed by atoms with Crippen LogP contribution in [0.15, 0.2) is 5.38 Å². The van der Waals surface area contributed by atoms with Gasteiger partial charge in [-0.2, -0.15) is 0 Å².